The molecule has 2 nitrogen and oxygen atoms in total. The lowest BCUT2D eigenvalue weighted by atomic mass is 9.84. The Bertz CT molecular complexity index is 3030. The van der Waals surface area contributed by atoms with Crippen molar-refractivity contribution in [2.24, 2.45) is 0 Å². The molecule has 2 heteroatoms. The Kier molecular flexibility index (Phi) is 7.70. The topological polar surface area (TPSA) is 17.8 Å². The van der Waals surface area contributed by atoms with E-state index in [0.717, 1.165) is 28.7 Å². The molecule has 0 bridgehead atoms. The highest BCUT2D eigenvalue weighted by Crippen LogP contribution is 2.45. The fraction of sp³-hybridized carbons (Fsp3) is 0.0577. The summed E-state index contributed by atoms with van der Waals surface area (Å²) in [6.45, 7) is 4.39. The zero-order valence-electron chi connectivity index (χ0n) is 30.4. The molecule has 0 spiro atoms. The molecular weight excluding hydrogens is 653 g/mol. The molecule has 2 heterocycles. The lowest BCUT2D eigenvalue weighted by molar-refractivity contribution is 1.13. The first-order valence-corrected chi connectivity index (χ1v) is 18.8. The third-order valence-electron chi connectivity index (χ3n) is 11.0. The maximum absolute atomic E-state index is 4.87. The van der Waals surface area contributed by atoms with Crippen LogP contribution in [0.1, 0.15) is 18.1 Å². The summed E-state index contributed by atoms with van der Waals surface area (Å²) in [5, 5.41) is 7.43. The molecule has 10 aromatic rings. The summed E-state index contributed by atoms with van der Waals surface area (Å²) >= 11 is 0. The fourth-order valence-corrected chi connectivity index (χ4v) is 8.47. The summed E-state index contributed by atoms with van der Waals surface area (Å²) in [4.78, 5) is 4.87. The molecule has 8 aromatic carbocycles. The van der Waals surface area contributed by atoms with Crippen LogP contribution in [0.5, 0.6) is 0 Å². The summed E-state index contributed by atoms with van der Waals surface area (Å²) in [5.74, 6) is 0. The molecule has 0 unspecified atom stereocenters. The molecule has 0 aliphatic heterocycles. The fourth-order valence-electron chi connectivity index (χ4n) is 8.47. The summed E-state index contributed by atoms with van der Waals surface area (Å²) < 4.78 is 2.29. The third-order valence-corrected chi connectivity index (χ3v) is 11.0. The second-order valence-electron chi connectivity index (χ2n) is 14.3. The highest BCUT2D eigenvalue weighted by atomic mass is 15.0. The zero-order valence-corrected chi connectivity index (χ0v) is 30.4. The maximum Gasteiger partial charge on any atom is 0.145 e. The summed E-state index contributed by atoms with van der Waals surface area (Å²) in [5.41, 5.74) is 15.7. The molecule has 0 saturated carbocycles. The molecule has 54 heavy (non-hydrogen) atoms. The van der Waals surface area contributed by atoms with Gasteiger partial charge in [0.2, 0.25) is 0 Å². The van der Waals surface area contributed by atoms with Crippen molar-refractivity contribution in [1.82, 2.24) is 9.55 Å². The monoisotopic (exact) mass is 690 g/mol. The van der Waals surface area contributed by atoms with E-state index in [1.807, 2.05) is 12.3 Å². The number of hydrogen-bond acceptors (Lipinski definition) is 1. The Hall–Kier alpha value is -6.77. The summed E-state index contributed by atoms with van der Waals surface area (Å²) in [6.07, 6.45) is 2.84. The van der Waals surface area contributed by atoms with Crippen LogP contribution in [0.2, 0.25) is 0 Å². The minimum absolute atomic E-state index is 0.950. The van der Waals surface area contributed by atoms with Crippen molar-refractivity contribution in [3.8, 4) is 50.2 Å². The number of fused-ring (bicyclic) bond motifs is 5. The smallest absolute Gasteiger partial charge is 0.145 e. The van der Waals surface area contributed by atoms with Gasteiger partial charge in [-0.15, -0.1) is 0 Å². The Labute approximate surface area is 315 Å². The van der Waals surface area contributed by atoms with Gasteiger partial charge in [0.05, 0.1) is 5.52 Å². The summed E-state index contributed by atoms with van der Waals surface area (Å²) in [7, 11) is 0. The van der Waals surface area contributed by atoms with Crippen LogP contribution in [0.25, 0.3) is 93.7 Å². The molecule has 0 saturated heterocycles. The predicted molar refractivity (Wildman–Crippen MR) is 229 cm³/mol. The van der Waals surface area contributed by atoms with Crippen LogP contribution in [-0.2, 0) is 6.42 Å². The molecular formula is C52H38N2. The first kappa shape index (κ1) is 31.9. The van der Waals surface area contributed by atoms with Gasteiger partial charge in [0.15, 0.2) is 0 Å². The van der Waals surface area contributed by atoms with E-state index in [2.05, 4.69) is 188 Å². The number of benzene rings is 8. The SMILES string of the molecule is CCc1cc(-c2ccc3c(-c4ccccc4)c4ccccc4c(-c4ccccc4)c3c2)cc(-c2ccc3c(c2)c2cccnc2n3-c2cccc(C)c2)c1. The first-order chi connectivity index (χ1) is 26.6. The van der Waals surface area contributed by atoms with Gasteiger partial charge >= 0.3 is 0 Å². The van der Waals surface area contributed by atoms with Crippen LogP contribution < -0.4 is 0 Å². The molecule has 0 atom stereocenters. The Morgan fingerprint density at radius 2 is 1.02 bits per heavy atom. The number of pyridine rings is 1. The van der Waals surface area contributed by atoms with Gasteiger partial charge < -0.3 is 0 Å². The van der Waals surface area contributed by atoms with E-state index in [1.165, 1.54) is 82.6 Å². The van der Waals surface area contributed by atoms with Crippen molar-refractivity contribution in [2.45, 2.75) is 20.3 Å². The number of aryl methyl sites for hydroxylation is 2. The number of rotatable bonds is 6. The van der Waals surface area contributed by atoms with Gasteiger partial charge in [-0.2, -0.15) is 0 Å². The lowest BCUT2D eigenvalue weighted by Crippen LogP contribution is -1.95. The molecule has 0 aliphatic carbocycles. The number of aromatic nitrogens is 2. The molecule has 0 fully saturated rings. The summed E-state index contributed by atoms with van der Waals surface area (Å²) in [6, 6.07) is 64.6. The van der Waals surface area contributed by atoms with Crippen LogP contribution in [0.3, 0.4) is 0 Å². The van der Waals surface area contributed by atoms with E-state index in [1.54, 1.807) is 0 Å². The standard InChI is InChI=1S/C52H38N2/c1-3-35-29-40(31-41(30-35)39-24-26-49-47(32-39)46-22-13-27-53-52(46)54(49)42-19-12-14-34(2)28-42)38-23-25-45-48(33-38)51(37-17-8-5-9-18-37)44-21-11-10-20-43(44)50(45)36-15-6-4-7-16-36/h4-33H,3H2,1-2H3. The van der Waals surface area contributed by atoms with Crippen LogP contribution in [0.15, 0.2) is 182 Å². The maximum atomic E-state index is 4.87. The van der Waals surface area contributed by atoms with Gasteiger partial charge in [-0.25, -0.2) is 4.98 Å². The molecule has 0 amide bonds. The lowest BCUT2D eigenvalue weighted by Gasteiger charge is -2.19. The van der Waals surface area contributed by atoms with Crippen molar-refractivity contribution in [2.75, 3.05) is 0 Å². The van der Waals surface area contributed by atoms with Crippen LogP contribution in [0.4, 0.5) is 0 Å². The van der Waals surface area contributed by atoms with E-state index >= 15 is 0 Å². The van der Waals surface area contributed by atoms with E-state index in [9.17, 15) is 0 Å². The van der Waals surface area contributed by atoms with Gasteiger partial charge in [0, 0.05) is 22.7 Å². The van der Waals surface area contributed by atoms with E-state index in [-0.39, 0.29) is 0 Å². The van der Waals surface area contributed by atoms with Gasteiger partial charge in [0.1, 0.15) is 5.65 Å². The second-order valence-corrected chi connectivity index (χ2v) is 14.3. The molecule has 0 radical (unpaired) electrons. The van der Waals surface area contributed by atoms with Gasteiger partial charge in [-0.1, -0.05) is 134 Å². The van der Waals surface area contributed by atoms with Crippen LogP contribution >= 0.6 is 0 Å². The van der Waals surface area contributed by atoms with Crippen molar-refractivity contribution in [1.29, 1.82) is 0 Å². The van der Waals surface area contributed by atoms with Crippen molar-refractivity contribution >= 4 is 43.5 Å². The minimum atomic E-state index is 0.950. The normalized spacial score (nSPS) is 11.6. The highest BCUT2D eigenvalue weighted by molar-refractivity contribution is 6.22. The minimum Gasteiger partial charge on any atom is -0.294 e. The molecule has 0 N–H and O–H groups in total. The average molecular weight is 691 g/mol. The molecule has 0 aliphatic rings. The van der Waals surface area contributed by atoms with Crippen molar-refractivity contribution < 1.29 is 0 Å². The predicted octanol–water partition coefficient (Wildman–Crippen LogP) is 14.0. The first-order valence-electron chi connectivity index (χ1n) is 18.8. The largest absolute Gasteiger partial charge is 0.294 e. The quantitative estimate of drug-likeness (QED) is 0.159. The van der Waals surface area contributed by atoms with E-state index in [4.69, 9.17) is 4.98 Å². The van der Waals surface area contributed by atoms with Gasteiger partial charge in [-0.05, 0) is 139 Å². The Balaban J connectivity index is 1.19. The van der Waals surface area contributed by atoms with Gasteiger partial charge in [-0.3, -0.25) is 4.57 Å². The number of nitrogens with zero attached hydrogens (tertiary/aromatic N) is 2. The van der Waals surface area contributed by atoms with E-state index < -0.39 is 0 Å². The third kappa shape index (κ3) is 5.30. The van der Waals surface area contributed by atoms with Gasteiger partial charge in [0.25, 0.3) is 0 Å². The van der Waals surface area contributed by atoms with Crippen molar-refractivity contribution in [3.63, 3.8) is 0 Å². The zero-order chi connectivity index (χ0) is 36.2. The second kappa shape index (κ2) is 13.0. The van der Waals surface area contributed by atoms with Crippen LogP contribution in [-0.4, -0.2) is 9.55 Å². The van der Waals surface area contributed by atoms with E-state index in [0.29, 0.717) is 0 Å². The van der Waals surface area contributed by atoms with Crippen LogP contribution in [0, 0.1) is 6.92 Å². The Morgan fingerprint density at radius 1 is 0.426 bits per heavy atom. The molecule has 2 aromatic heterocycles. The number of hydrogen-bond donors (Lipinski definition) is 0. The molecule has 10 rings (SSSR count). The van der Waals surface area contributed by atoms with Crippen molar-refractivity contribution in [3.05, 3.63) is 193 Å². The highest BCUT2D eigenvalue weighted by Gasteiger charge is 2.19. The molecule has 256 valence electrons. The average Bonchev–Trinajstić information content (AvgIpc) is 3.56. The Morgan fingerprint density at radius 3 is 1.69 bits per heavy atom.